The second-order valence-electron chi connectivity index (χ2n) is 7.58. The monoisotopic (exact) mass is 409 g/mol. The number of hydrogen-bond acceptors (Lipinski definition) is 4. The lowest BCUT2D eigenvalue weighted by atomic mass is 10.1. The maximum atomic E-state index is 13.0. The Morgan fingerprint density at radius 2 is 1.96 bits per heavy atom. The van der Waals surface area contributed by atoms with Gasteiger partial charge in [0.05, 0.1) is 16.7 Å². The van der Waals surface area contributed by atoms with Crippen LogP contribution in [-0.4, -0.2) is 27.3 Å². The predicted octanol–water partition coefficient (Wildman–Crippen LogP) is 4.35. The second-order valence-corrected chi connectivity index (χ2v) is 8.96. The number of fused-ring (bicyclic) bond motifs is 1. The molecule has 1 unspecified atom stereocenters. The SMILES string of the molecule is CC(C)CCn1c(SCC(=O)NC(C)C(C)C)nc2cc(Cl)ccc2c1=O. The highest BCUT2D eigenvalue weighted by molar-refractivity contribution is 7.99. The number of aromatic nitrogens is 2. The van der Waals surface area contributed by atoms with Crippen LogP contribution in [0.2, 0.25) is 5.02 Å². The molecule has 5 nitrogen and oxygen atoms in total. The molecule has 0 saturated heterocycles. The normalized spacial score (nSPS) is 12.7. The summed E-state index contributed by atoms with van der Waals surface area (Å²) >= 11 is 7.35. The second kappa shape index (κ2) is 9.60. The van der Waals surface area contributed by atoms with Crippen molar-refractivity contribution in [3.63, 3.8) is 0 Å². The Hall–Kier alpha value is -1.53. The summed E-state index contributed by atoms with van der Waals surface area (Å²) < 4.78 is 1.68. The summed E-state index contributed by atoms with van der Waals surface area (Å²) in [6.45, 7) is 10.9. The van der Waals surface area contributed by atoms with Gasteiger partial charge in [-0.3, -0.25) is 14.2 Å². The molecular weight excluding hydrogens is 382 g/mol. The van der Waals surface area contributed by atoms with Gasteiger partial charge in [-0.25, -0.2) is 4.98 Å². The molecule has 2 rings (SSSR count). The van der Waals surface area contributed by atoms with E-state index in [9.17, 15) is 9.59 Å². The van der Waals surface area contributed by atoms with Crippen LogP contribution in [0.25, 0.3) is 10.9 Å². The maximum Gasteiger partial charge on any atom is 0.262 e. The van der Waals surface area contributed by atoms with Gasteiger partial charge in [0.25, 0.3) is 5.56 Å². The fourth-order valence-corrected chi connectivity index (χ4v) is 3.46. The summed E-state index contributed by atoms with van der Waals surface area (Å²) in [5.41, 5.74) is 0.475. The van der Waals surface area contributed by atoms with Gasteiger partial charge in [0.1, 0.15) is 0 Å². The van der Waals surface area contributed by atoms with Crippen molar-refractivity contribution >= 4 is 40.2 Å². The molecule has 0 aliphatic heterocycles. The van der Waals surface area contributed by atoms with E-state index in [0.29, 0.717) is 39.5 Å². The topological polar surface area (TPSA) is 64.0 Å². The van der Waals surface area contributed by atoms with Gasteiger partial charge >= 0.3 is 0 Å². The smallest absolute Gasteiger partial charge is 0.262 e. The van der Waals surface area contributed by atoms with Crippen LogP contribution in [-0.2, 0) is 11.3 Å². The van der Waals surface area contributed by atoms with Gasteiger partial charge in [-0.05, 0) is 43.4 Å². The molecule has 0 radical (unpaired) electrons. The molecule has 7 heteroatoms. The number of nitrogens with one attached hydrogen (secondary N) is 1. The van der Waals surface area contributed by atoms with Crippen LogP contribution in [0, 0.1) is 11.8 Å². The van der Waals surface area contributed by atoms with Crippen LogP contribution >= 0.6 is 23.4 Å². The van der Waals surface area contributed by atoms with Crippen molar-refractivity contribution in [3.8, 4) is 0 Å². The van der Waals surface area contributed by atoms with Crippen LogP contribution in [0.4, 0.5) is 0 Å². The van der Waals surface area contributed by atoms with Gasteiger partial charge in [0.2, 0.25) is 5.91 Å². The molecule has 2 aromatic rings. The number of benzene rings is 1. The summed E-state index contributed by atoms with van der Waals surface area (Å²) in [5.74, 6) is 0.990. The van der Waals surface area contributed by atoms with Crippen LogP contribution in [0.3, 0.4) is 0 Å². The lowest BCUT2D eigenvalue weighted by molar-refractivity contribution is -0.119. The number of rotatable bonds is 8. The van der Waals surface area contributed by atoms with Gasteiger partial charge in [0, 0.05) is 17.6 Å². The zero-order valence-corrected chi connectivity index (χ0v) is 18.2. The highest BCUT2D eigenvalue weighted by Crippen LogP contribution is 2.21. The summed E-state index contributed by atoms with van der Waals surface area (Å²) in [4.78, 5) is 29.8. The molecule has 0 spiro atoms. The first-order valence-electron chi connectivity index (χ1n) is 9.31. The lowest BCUT2D eigenvalue weighted by Crippen LogP contribution is -2.37. The van der Waals surface area contributed by atoms with E-state index in [4.69, 9.17) is 11.6 Å². The zero-order chi connectivity index (χ0) is 20.1. The minimum Gasteiger partial charge on any atom is -0.353 e. The average molecular weight is 410 g/mol. The summed E-state index contributed by atoms with van der Waals surface area (Å²) in [6.07, 6.45) is 0.866. The molecule has 0 saturated carbocycles. The first kappa shape index (κ1) is 21.8. The Balaban J connectivity index is 2.30. The molecular formula is C20H28ClN3O2S. The predicted molar refractivity (Wildman–Crippen MR) is 114 cm³/mol. The van der Waals surface area contributed by atoms with E-state index in [0.717, 1.165) is 6.42 Å². The van der Waals surface area contributed by atoms with Gasteiger partial charge in [-0.15, -0.1) is 0 Å². The van der Waals surface area contributed by atoms with Crippen molar-refractivity contribution in [3.05, 3.63) is 33.6 Å². The van der Waals surface area contributed by atoms with E-state index >= 15 is 0 Å². The number of nitrogens with zero attached hydrogens (tertiary/aromatic N) is 2. The Morgan fingerprint density at radius 3 is 2.59 bits per heavy atom. The molecule has 1 amide bonds. The zero-order valence-electron chi connectivity index (χ0n) is 16.6. The number of amides is 1. The third kappa shape index (κ3) is 5.98. The molecule has 1 aromatic heterocycles. The molecule has 148 valence electrons. The van der Waals surface area contributed by atoms with Crippen molar-refractivity contribution in [2.45, 2.75) is 58.8 Å². The minimum atomic E-state index is -0.0872. The molecule has 0 bridgehead atoms. The lowest BCUT2D eigenvalue weighted by Gasteiger charge is -2.18. The Morgan fingerprint density at radius 1 is 1.26 bits per heavy atom. The number of carbonyl (C=O) groups excluding carboxylic acids is 1. The standard InChI is InChI=1S/C20H28ClN3O2S/c1-12(2)8-9-24-19(26)16-7-6-15(21)10-17(16)23-20(24)27-11-18(25)22-14(5)13(3)4/h6-7,10,12-14H,8-9,11H2,1-5H3,(H,22,25). The van der Waals surface area contributed by atoms with Crippen molar-refractivity contribution in [1.82, 2.24) is 14.9 Å². The van der Waals surface area contributed by atoms with Crippen LogP contribution < -0.4 is 10.9 Å². The van der Waals surface area contributed by atoms with E-state index in [1.807, 2.05) is 6.92 Å². The van der Waals surface area contributed by atoms with Gasteiger partial charge in [-0.1, -0.05) is 51.1 Å². The molecule has 0 fully saturated rings. The first-order valence-corrected chi connectivity index (χ1v) is 10.7. The molecule has 1 atom stereocenters. The molecule has 1 N–H and O–H groups in total. The Labute approximate surface area is 169 Å². The highest BCUT2D eigenvalue weighted by Gasteiger charge is 2.16. The van der Waals surface area contributed by atoms with Crippen molar-refractivity contribution in [2.24, 2.45) is 11.8 Å². The van der Waals surface area contributed by atoms with Gasteiger partial charge in [-0.2, -0.15) is 0 Å². The van der Waals surface area contributed by atoms with Crippen molar-refractivity contribution < 1.29 is 4.79 Å². The largest absolute Gasteiger partial charge is 0.353 e. The summed E-state index contributed by atoms with van der Waals surface area (Å²) in [5, 5.41) is 4.62. The highest BCUT2D eigenvalue weighted by atomic mass is 35.5. The molecule has 1 aromatic carbocycles. The first-order chi connectivity index (χ1) is 12.7. The van der Waals surface area contributed by atoms with Crippen LogP contribution in [0.5, 0.6) is 0 Å². The average Bonchev–Trinajstić information content (AvgIpc) is 2.58. The van der Waals surface area contributed by atoms with E-state index < -0.39 is 0 Å². The van der Waals surface area contributed by atoms with E-state index in [1.165, 1.54) is 11.8 Å². The number of carbonyl (C=O) groups is 1. The van der Waals surface area contributed by atoms with Crippen molar-refractivity contribution in [1.29, 1.82) is 0 Å². The number of hydrogen-bond donors (Lipinski definition) is 1. The molecule has 1 heterocycles. The summed E-state index contributed by atoms with van der Waals surface area (Å²) in [6, 6.07) is 5.21. The van der Waals surface area contributed by atoms with Crippen LogP contribution in [0.15, 0.2) is 28.2 Å². The third-order valence-corrected chi connectivity index (χ3v) is 5.74. The molecule has 27 heavy (non-hydrogen) atoms. The third-order valence-electron chi connectivity index (χ3n) is 4.53. The van der Waals surface area contributed by atoms with Gasteiger partial charge in [0.15, 0.2) is 5.16 Å². The van der Waals surface area contributed by atoms with Crippen molar-refractivity contribution in [2.75, 3.05) is 5.75 Å². The molecule has 0 aliphatic carbocycles. The maximum absolute atomic E-state index is 13.0. The van der Waals surface area contributed by atoms with Crippen LogP contribution in [0.1, 0.15) is 41.0 Å². The van der Waals surface area contributed by atoms with Gasteiger partial charge < -0.3 is 5.32 Å². The quantitative estimate of drug-likeness (QED) is 0.520. The Bertz CT molecular complexity index is 864. The van der Waals surface area contributed by atoms with E-state index in [2.05, 4.69) is 38.0 Å². The van der Waals surface area contributed by atoms with E-state index in [1.54, 1.807) is 22.8 Å². The Kier molecular flexibility index (Phi) is 7.74. The summed E-state index contributed by atoms with van der Waals surface area (Å²) in [7, 11) is 0. The van der Waals surface area contributed by atoms with E-state index in [-0.39, 0.29) is 23.3 Å². The number of halogens is 1. The minimum absolute atomic E-state index is 0.0583. The molecule has 0 aliphatic rings. The number of thioether (sulfide) groups is 1. The fraction of sp³-hybridized carbons (Fsp3) is 0.550. The fourth-order valence-electron chi connectivity index (χ4n) is 2.46.